The fraction of sp³-hybridized carbons (Fsp3) is 0.0556. The molecule has 0 fully saturated rings. The van der Waals surface area contributed by atoms with Crippen molar-refractivity contribution in [1.29, 1.82) is 0 Å². The van der Waals surface area contributed by atoms with Crippen LogP contribution in [0.5, 0.6) is 5.75 Å². The molecule has 0 saturated carbocycles. The number of hydrogen-bond acceptors (Lipinski definition) is 3. The Bertz CT molecular complexity index is 940. The standard InChI is InChI=1S/C18H13NO2/c1-20-14-7-4-6-13(11-14)18-19-17-15-8-3-2-5-12(15)9-10-16(17)21-18/h2-11H,1H3. The molecule has 0 unspecified atom stereocenters. The maximum atomic E-state index is 5.90. The Morgan fingerprint density at radius 2 is 1.86 bits per heavy atom. The molecule has 21 heavy (non-hydrogen) atoms. The van der Waals surface area contributed by atoms with Gasteiger partial charge in [-0.15, -0.1) is 0 Å². The lowest BCUT2D eigenvalue weighted by atomic mass is 10.1. The highest BCUT2D eigenvalue weighted by atomic mass is 16.5. The summed E-state index contributed by atoms with van der Waals surface area (Å²) in [5.41, 5.74) is 2.60. The van der Waals surface area contributed by atoms with Crippen molar-refractivity contribution in [2.45, 2.75) is 0 Å². The largest absolute Gasteiger partial charge is 0.497 e. The van der Waals surface area contributed by atoms with Gasteiger partial charge in [0.15, 0.2) is 5.58 Å². The van der Waals surface area contributed by atoms with Gasteiger partial charge < -0.3 is 9.15 Å². The van der Waals surface area contributed by atoms with E-state index in [9.17, 15) is 0 Å². The van der Waals surface area contributed by atoms with Crippen LogP contribution in [0, 0.1) is 0 Å². The van der Waals surface area contributed by atoms with Gasteiger partial charge in [0.25, 0.3) is 0 Å². The summed E-state index contributed by atoms with van der Waals surface area (Å²) in [5, 5.41) is 2.27. The van der Waals surface area contributed by atoms with Crippen molar-refractivity contribution in [3.63, 3.8) is 0 Å². The average Bonchev–Trinajstić information content (AvgIpc) is 2.99. The van der Waals surface area contributed by atoms with Gasteiger partial charge in [-0.1, -0.05) is 36.4 Å². The molecule has 0 bridgehead atoms. The summed E-state index contributed by atoms with van der Waals surface area (Å²) >= 11 is 0. The van der Waals surface area contributed by atoms with E-state index < -0.39 is 0 Å². The van der Waals surface area contributed by atoms with Crippen LogP contribution in [0.15, 0.2) is 65.1 Å². The summed E-state index contributed by atoms with van der Waals surface area (Å²) in [6, 6.07) is 19.9. The van der Waals surface area contributed by atoms with E-state index in [1.807, 2.05) is 42.5 Å². The summed E-state index contributed by atoms with van der Waals surface area (Å²) in [6.45, 7) is 0. The fourth-order valence-corrected chi connectivity index (χ4v) is 2.54. The molecule has 3 aromatic carbocycles. The Balaban J connectivity index is 1.96. The van der Waals surface area contributed by atoms with Crippen LogP contribution < -0.4 is 4.74 Å². The first-order valence-electron chi connectivity index (χ1n) is 6.78. The van der Waals surface area contributed by atoms with Gasteiger partial charge in [-0.2, -0.15) is 0 Å². The van der Waals surface area contributed by atoms with E-state index in [4.69, 9.17) is 9.15 Å². The topological polar surface area (TPSA) is 35.3 Å². The minimum atomic E-state index is 0.611. The van der Waals surface area contributed by atoms with Crippen molar-refractivity contribution in [3.8, 4) is 17.2 Å². The second kappa shape index (κ2) is 4.63. The lowest BCUT2D eigenvalue weighted by Gasteiger charge is -2.00. The van der Waals surface area contributed by atoms with Crippen LogP contribution in [-0.2, 0) is 0 Å². The molecule has 0 saturated heterocycles. The number of fused-ring (bicyclic) bond motifs is 3. The Morgan fingerprint density at radius 3 is 2.76 bits per heavy atom. The summed E-state index contributed by atoms with van der Waals surface area (Å²) in [4.78, 5) is 4.66. The van der Waals surface area contributed by atoms with E-state index in [1.54, 1.807) is 7.11 Å². The van der Waals surface area contributed by atoms with Gasteiger partial charge in [-0.25, -0.2) is 4.98 Å². The molecule has 3 heteroatoms. The maximum Gasteiger partial charge on any atom is 0.227 e. The monoisotopic (exact) mass is 275 g/mol. The van der Waals surface area contributed by atoms with Crippen molar-refractivity contribution in [1.82, 2.24) is 4.98 Å². The molecule has 0 aliphatic heterocycles. The molecule has 0 aliphatic rings. The van der Waals surface area contributed by atoms with E-state index in [-0.39, 0.29) is 0 Å². The molecule has 1 heterocycles. The number of methoxy groups -OCH3 is 1. The van der Waals surface area contributed by atoms with E-state index >= 15 is 0 Å². The van der Waals surface area contributed by atoms with Crippen molar-refractivity contribution in [3.05, 3.63) is 60.7 Å². The van der Waals surface area contributed by atoms with Crippen LogP contribution in [0.3, 0.4) is 0 Å². The number of benzene rings is 3. The predicted molar refractivity (Wildman–Crippen MR) is 83.5 cm³/mol. The molecular formula is C18H13NO2. The highest BCUT2D eigenvalue weighted by molar-refractivity contribution is 6.03. The van der Waals surface area contributed by atoms with E-state index in [2.05, 4.69) is 23.2 Å². The average molecular weight is 275 g/mol. The van der Waals surface area contributed by atoms with Gasteiger partial charge >= 0.3 is 0 Å². The zero-order chi connectivity index (χ0) is 14.2. The summed E-state index contributed by atoms with van der Waals surface area (Å²) < 4.78 is 11.1. The first-order valence-corrected chi connectivity index (χ1v) is 6.78. The van der Waals surface area contributed by atoms with Gasteiger partial charge in [0.2, 0.25) is 5.89 Å². The number of nitrogens with zero attached hydrogens (tertiary/aromatic N) is 1. The Hall–Kier alpha value is -2.81. The quantitative estimate of drug-likeness (QED) is 0.534. The minimum Gasteiger partial charge on any atom is -0.497 e. The first-order chi connectivity index (χ1) is 10.3. The minimum absolute atomic E-state index is 0.611. The third-order valence-electron chi connectivity index (χ3n) is 3.60. The molecule has 0 N–H and O–H groups in total. The number of hydrogen-bond donors (Lipinski definition) is 0. The van der Waals surface area contributed by atoms with Crippen molar-refractivity contribution < 1.29 is 9.15 Å². The zero-order valence-corrected chi connectivity index (χ0v) is 11.5. The first kappa shape index (κ1) is 12.0. The molecule has 4 rings (SSSR count). The van der Waals surface area contributed by atoms with Crippen LogP contribution in [0.25, 0.3) is 33.3 Å². The fourth-order valence-electron chi connectivity index (χ4n) is 2.54. The predicted octanol–water partition coefficient (Wildman–Crippen LogP) is 4.66. The van der Waals surface area contributed by atoms with Gasteiger partial charge in [-0.3, -0.25) is 0 Å². The molecule has 0 radical (unpaired) electrons. The molecule has 4 aromatic rings. The van der Waals surface area contributed by atoms with Crippen molar-refractivity contribution in [2.24, 2.45) is 0 Å². The summed E-state index contributed by atoms with van der Waals surface area (Å²) in [5.74, 6) is 1.40. The number of aromatic nitrogens is 1. The van der Waals surface area contributed by atoms with Crippen LogP contribution >= 0.6 is 0 Å². The Morgan fingerprint density at radius 1 is 0.952 bits per heavy atom. The molecule has 0 spiro atoms. The molecule has 0 aliphatic carbocycles. The van der Waals surface area contributed by atoms with Crippen molar-refractivity contribution in [2.75, 3.05) is 7.11 Å². The molecule has 0 amide bonds. The van der Waals surface area contributed by atoms with Crippen LogP contribution in [-0.4, -0.2) is 12.1 Å². The van der Waals surface area contributed by atoms with E-state index in [0.29, 0.717) is 5.89 Å². The van der Waals surface area contributed by atoms with Gasteiger partial charge in [0.1, 0.15) is 11.3 Å². The molecular weight excluding hydrogens is 262 g/mol. The normalized spacial score (nSPS) is 11.1. The number of oxazole rings is 1. The molecule has 1 aromatic heterocycles. The van der Waals surface area contributed by atoms with Crippen LogP contribution in [0.1, 0.15) is 0 Å². The number of ether oxygens (including phenoxy) is 1. The van der Waals surface area contributed by atoms with Crippen molar-refractivity contribution >= 4 is 21.9 Å². The van der Waals surface area contributed by atoms with Crippen LogP contribution in [0.2, 0.25) is 0 Å². The maximum absolute atomic E-state index is 5.90. The molecule has 3 nitrogen and oxygen atoms in total. The zero-order valence-electron chi connectivity index (χ0n) is 11.5. The lowest BCUT2D eigenvalue weighted by molar-refractivity contribution is 0.415. The van der Waals surface area contributed by atoms with Crippen LogP contribution in [0.4, 0.5) is 0 Å². The molecule has 0 atom stereocenters. The smallest absolute Gasteiger partial charge is 0.227 e. The second-order valence-electron chi connectivity index (χ2n) is 4.88. The highest BCUT2D eigenvalue weighted by Gasteiger charge is 2.11. The second-order valence-corrected chi connectivity index (χ2v) is 4.88. The van der Waals surface area contributed by atoms with Gasteiger partial charge in [0.05, 0.1) is 7.11 Å². The molecule has 102 valence electrons. The third kappa shape index (κ3) is 1.94. The lowest BCUT2D eigenvalue weighted by Crippen LogP contribution is -1.83. The Kier molecular flexibility index (Phi) is 2.64. The Labute approximate surface area is 121 Å². The SMILES string of the molecule is COc1cccc(-c2nc3c(ccc4ccccc43)o2)c1. The van der Waals surface area contributed by atoms with E-state index in [0.717, 1.165) is 33.2 Å². The van der Waals surface area contributed by atoms with E-state index in [1.165, 1.54) is 0 Å². The third-order valence-corrected chi connectivity index (χ3v) is 3.60. The van der Waals surface area contributed by atoms with Gasteiger partial charge in [0, 0.05) is 10.9 Å². The highest BCUT2D eigenvalue weighted by Crippen LogP contribution is 2.30. The summed E-state index contributed by atoms with van der Waals surface area (Å²) in [6.07, 6.45) is 0. The number of rotatable bonds is 2. The summed E-state index contributed by atoms with van der Waals surface area (Å²) in [7, 11) is 1.65. The van der Waals surface area contributed by atoms with Gasteiger partial charge in [-0.05, 0) is 29.7 Å².